The highest BCUT2D eigenvalue weighted by Crippen LogP contribution is 2.30. The standard InChI is InChI=1S/C17H17NO6S/c1-22-17(19)12-6-8-14(9-7-12)25(20,21)18-10-13-11-23-15-4-2-3-5-16(15)24-13/h2-9,13,18H,10-11H2,1H3/t13-/m1/s1. The Morgan fingerprint density at radius 1 is 1.16 bits per heavy atom. The first-order valence-electron chi connectivity index (χ1n) is 7.56. The number of carbonyl (C=O) groups is 1. The number of fused-ring (bicyclic) bond motifs is 1. The van der Waals surface area contributed by atoms with Gasteiger partial charge >= 0.3 is 5.97 Å². The lowest BCUT2D eigenvalue weighted by molar-refractivity contribution is 0.0600. The van der Waals surface area contributed by atoms with Crippen LogP contribution in [0.5, 0.6) is 11.5 Å². The molecule has 0 radical (unpaired) electrons. The third-order valence-corrected chi connectivity index (χ3v) is 5.09. The zero-order valence-corrected chi connectivity index (χ0v) is 14.3. The van der Waals surface area contributed by atoms with Gasteiger partial charge in [-0.1, -0.05) is 12.1 Å². The van der Waals surface area contributed by atoms with Gasteiger partial charge in [0.2, 0.25) is 10.0 Å². The fourth-order valence-corrected chi connectivity index (χ4v) is 3.40. The minimum atomic E-state index is -3.72. The molecule has 1 aliphatic heterocycles. The number of hydrogen-bond donors (Lipinski definition) is 1. The second-order valence-corrected chi connectivity index (χ2v) is 7.13. The van der Waals surface area contributed by atoms with Crippen molar-refractivity contribution in [3.05, 3.63) is 54.1 Å². The largest absolute Gasteiger partial charge is 0.486 e. The van der Waals surface area contributed by atoms with E-state index in [1.807, 2.05) is 12.1 Å². The van der Waals surface area contributed by atoms with Gasteiger partial charge in [-0.15, -0.1) is 0 Å². The second kappa shape index (κ2) is 7.12. The topological polar surface area (TPSA) is 90.9 Å². The van der Waals surface area contributed by atoms with Crippen molar-refractivity contribution in [2.75, 3.05) is 20.3 Å². The molecule has 0 bridgehead atoms. The van der Waals surface area contributed by atoms with Crippen LogP contribution in [0.1, 0.15) is 10.4 Å². The van der Waals surface area contributed by atoms with Crippen molar-refractivity contribution in [1.82, 2.24) is 4.72 Å². The van der Waals surface area contributed by atoms with Gasteiger partial charge in [0.25, 0.3) is 0 Å². The lowest BCUT2D eigenvalue weighted by Gasteiger charge is -2.26. The van der Waals surface area contributed by atoms with Crippen LogP contribution in [0.4, 0.5) is 0 Å². The van der Waals surface area contributed by atoms with Gasteiger partial charge in [-0.3, -0.25) is 0 Å². The maximum absolute atomic E-state index is 12.3. The van der Waals surface area contributed by atoms with Gasteiger partial charge in [-0.2, -0.15) is 0 Å². The van der Waals surface area contributed by atoms with Crippen LogP contribution in [0, 0.1) is 0 Å². The zero-order valence-electron chi connectivity index (χ0n) is 13.5. The molecule has 1 aliphatic rings. The fraction of sp³-hybridized carbons (Fsp3) is 0.235. The summed E-state index contributed by atoms with van der Waals surface area (Å²) in [7, 11) is -2.46. The molecule has 1 heterocycles. The van der Waals surface area contributed by atoms with Crippen molar-refractivity contribution in [1.29, 1.82) is 0 Å². The van der Waals surface area contributed by atoms with Crippen LogP contribution in [-0.4, -0.2) is 40.8 Å². The summed E-state index contributed by atoms with van der Waals surface area (Å²) in [6.45, 7) is 0.316. The summed E-state index contributed by atoms with van der Waals surface area (Å²) in [5, 5.41) is 0. The van der Waals surface area contributed by atoms with Gasteiger partial charge in [0.1, 0.15) is 12.7 Å². The zero-order chi connectivity index (χ0) is 17.9. The average Bonchev–Trinajstić information content (AvgIpc) is 2.65. The molecule has 0 fully saturated rings. The van der Waals surface area contributed by atoms with Gasteiger partial charge in [0.05, 0.1) is 24.1 Å². The Morgan fingerprint density at radius 3 is 2.52 bits per heavy atom. The molecule has 0 aromatic heterocycles. The van der Waals surface area contributed by atoms with Gasteiger partial charge < -0.3 is 14.2 Å². The number of rotatable bonds is 5. The molecule has 0 spiro atoms. The summed E-state index contributed by atoms with van der Waals surface area (Å²) in [6.07, 6.45) is -0.431. The minimum Gasteiger partial charge on any atom is -0.486 e. The van der Waals surface area contributed by atoms with Gasteiger partial charge in [0, 0.05) is 0 Å². The number of methoxy groups -OCH3 is 1. The lowest BCUT2D eigenvalue weighted by Crippen LogP contribution is -2.40. The number of ether oxygens (including phenoxy) is 3. The first-order chi connectivity index (χ1) is 12.0. The van der Waals surface area contributed by atoms with E-state index in [0.29, 0.717) is 11.5 Å². The van der Waals surface area contributed by atoms with E-state index in [0.717, 1.165) is 0 Å². The molecule has 2 aromatic carbocycles. The molecule has 25 heavy (non-hydrogen) atoms. The van der Waals surface area contributed by atoms with Gasteiger partial charge in [-0.05, 0) is 36.4 Å². The van der Waals surface area contributed by atoms with E-state index < -0.39 is 22.1 Å². The molecule has 132 valence electrons. The first kappa shape index (κ1) is 17.2. The average molecular weight is 363 g/mol. The highest BCUT2D eigenvalue weighted by molar-refractivity contribution is 7.89. The van der Waals surface area contributed by atoms with E-state index in [-0.39, 0.29) is 23.6 Å². The molecule has 0 aliphatic carbocycles. The Bertz CT molecular complexity index is 863. The van der Waals surface area contributed by atoms with Crippen LogP contribution in [0.2, 0.25) is 0 Å². The third kappa shape index (κ3) is 3.92. The molecular weight excluding hydrogens is 346 g/mol. The van der Waals surface area contributed by atoms with E-state index in [1.165, 1.54) is 31.4 Å². The molecule has 1 N–H and O–H groups in total. The predicted octanol–water partition coefficient (Wildman–Crippen LogP) is 1.59. The number of nitrogens with one attached hydrogen (secondary N) is 1. The van der Waals surface area contributed by atoms with Gasteiger partial charge in [-0.25, -0.2) is 17.9 Å². The van der Waals surface area contributed by atoms with E-state index >= 15 is 0 Å². The van der Waals surface area contributed by atoms with E-state index in [2.05, 4.69) is 9.46 Å². The maximum Gasteiger partial charge on any atom is 0.337 e. The van der Waals surface area contributed by atoms with Crippen molar-refractivity contribution in [3.63, 3.8) is 0 Å². The molecule has 2 aromatic rings. The van der Waals surface area contributed by atoms with Crippen LogP contribution in [0.3, 0.4) is 0 Å². The quantitative estimate of drug-likeness (QED) is 0.812. The monoisotopic (exact) mass is 363 g/mol. The molecule has 0 saturated carbocycles. The van der Waals surface area contributed by atoms with Crippen molar-refractivity contribution >= 4 is 16.0 Å². The summed E-state index contributed by atoms with van der Waals surface area (Å²) in [6, 6.07) is 12.7. The fourth-order valence-electron chi connectivity index (χ4n) is 2.34. The summed E-state index contributed by atoms with van der Waals surface area (Å²) < 4.78 is 43.0. The molecular formula is C17H17NO6S. The van der Waals surface area contributed by atoms with Crippen LogP contribution >= 0.6 is 0 Å². The van der Waals surface area contributed by atoms with Crippen LogP contribution in [0.15, 0.2) is 53.4 Å². The first-order valence-corrected chi connectivity index (χ1v) is 9.04. The Morgan fingerprint density at radius 2 is 1.84 bits per heavy atom. The molecule has 7 nitrogen and oxygen atoms in total. The summed E-state index contributed by atoms with van der Waals surface area (Å²) in [5.74, 6) is 0.698. The van der Waals surface area contributed by atoms with Crippen LogP contribution in [0.25, 0.3) is 0 Å². The van der Waals surface area contributed by atoms with Crippen molar-refractivity contribution in [2.24, 2.45) is 0 Å². The molecule has 0 amide bonds. The highest BCUT2D eigenvalue weighted by Gasteiger charge is 2.23. The van der Waals surface area contributed by atoms with Crippen LogP contribution < -0.4 is 14.2 Å². The Labute approximate surface area is 145 Å². The number of hydrogen-bond acceptors (Lipinski definition) is 6. The number of para-hydroxylation sites is 2. The van der Waals surface area contributed by atoms with E-state index in [4.69, 9.17) is 9.47 Å². The van der Waals surface area contributed by atoms with Gasteiger partial charge in [0.15, 0.2) is 11.5 Å². The van der Waals surface area contributed by atoms with Crippen molar-refractivity contribution < 1.29 is 27.4 Å². The summed E-state index contributed by atoms with van der Waals surface area (Å²) >= 11 is 0. The molecule has 0 saturated heterocycles. The van der Waals surface area contributed by atoms with Crippen molar-refractivity contribution in [2.45, 2.75) is 11.0 Å². The number of benzene rings is 2. The maximum atomic E-state index is 12.3. The Hall–Kier alpha value is -2.58. The SMILES string of the molecule is COC(=O)c1ccc(S(=O)(=O)NC[C@@H]2COc3ccccc3O2)cc1. The van der Waals surface area contributed by atoms with E-state index in [9.17, 15) is 13.2 Å². The highest BCUT2D eigenvalue weighted by atomic mass is 32.2. The lowest BCUT2D eigenvalue weighted by atomic mass is 10.2. The van der Waals surface area contributed by atoms with Crippen molar-refractivity contribution in [3.8, 4) is 11.5 Å². The molecule has 3 rings (SSSR count). The number of sulfonamides is 1. The Kier molecular flexibility index (Phi) is 4.91. The third-order valence-electron chi connectivity index (χ3n) is 3.65. The molecule has 0 unspecified atom stereocenters. The van der Waals surface area contributed by atoms with E-state index in [1.54, 1.807) is 12.1 Å². The second-order valence-electron chi connectivity index (χ2n) is 5.37. The smallest absolute Gasteiger partial charge is 0.337 e. The summed E-state index contributed by atoms with van der Waals surface area (Å²) in [4.78, 5) is 11.4. The number of esters is 1. The molecule has 1 atom stereocenters. The minimum absolute atomic E-state index is 0.0530. The predicted molar refractivity (Wildman–Crippen MR) is 89.3 cm³/mol. The Balaban J connectivity index is 1.63. The summed E-state index contributed by atoms with van der Waals surface area (Å²) in [5.41, 5.74) is 0.280. The molecule has 8 heteroatoms. The van der Waals surface area contributed by atoms with Crippen LogP contribution in [-0.2, 0) is 14.8 Å². The number of carbonyl (C=O) groups excluding carboxylic acids is 1. The normalized spacial score (nSPS) is 16.3.